The van der Waals surface area contributed by atoms with Crippen molar-refractivity contribution < 1.29 is 0 Å². The minimum absolute atomic E-state index is 0.662. The van der Waals surface area contributed by atoms with Crippen molar-refractivity contribution in [3.63, 3.8) is 0 Å². The van der Waals surface area contributed by atoms with Crippen molar-refractivity contribution in [1.82, 2.24) is 14.8 Å². The molecule has 0 amide bonds. The molecule has 0 atom stereocenters. The van der Waals surface area contributed by atoms with Crippen LogP contribution in [0.1, 0.15) is 31.5 Å². The van der Waals surface area contributed by atoms with Crippen LogP contribution in [-0.2, 0) is 6.54 Å². The second-order valence-electron chi connectivity index (χ2n) is 3.53. The number of halogens is 1. The third-order valence-electron chi connectivity index (χ3n) is 2.40. The quantitative estimate of drug-likeness (QED) is 0.745. The van der Waals surface area contributed by atoms with Gasteiger partial charge in [-0.05, 0) is 19.8 Å². The fourth-order valence-electron chi connectivity index (χ4n) is 1.51. The first-order valence-corrected chi connectivity index (χ1v) is 6.60. The Bertz CT molecular complexity index is 358. The molecule has 82 valence electrons. The van der Waals surface area contributed by atoms with E-state index in [1.807, 2.05) is 6.08 Å². The summed E-state index contributed by atoms with van der Waals surface area (Å²) in [6.45, 7) is 3.09. The van der Waals surface area contributed by atoms with Crippen LogP contribution in [0.25, 0.3) is 0 Å². The van der Waals surface area contributed by atoms with Gasteiger partial charge in [0.15, 0.2) is 5.16 Å². The monoisotopic (exact) mass is 243 g/mol. The van der Waals surface area contributed by atoms with Crippen LogP contribution in [-0.4, -0.2) is 20.5 Å². The number of hydrogen-bond donors (Lipinski definition) is 0. The van der Waals surface area contributed by atoms with Gasteiger partial charge < -0.3 is 4.57 Å². The Hall–Kier alpha value is -0.480. The molecule has 3 nitrogen and oxygen atoms in total. The third kappa shape index (κ3) is 2.55. The standard InChI is InChI=1S/C10H14ClN3S/c1-2-14-9(8-4-5-8)12-13-10(14)15-7-3-6-11/h3,6,8H,2,4-5,7H2,1H3/b6-3+. The van der Waals surface area contributed by atoms with Gasteiger partial charge in [-0.3, -0.25) is 0 Å². The van der Waals surface area contributed by atoms with Crippen molar-refractivity contribution in [3.8, 4) is 0 Å². The highest BCUT2D eigenvalue weighted by Crippen LogP contribution is 2.39. The minimum Gasteiger partial charge on any atom is -0.306 e. The summed E-state index contributed by atoms with van der Waals surface area (Å²) in [5, 5.41) is 9.49. The molecule has 0 aromatic carbocycles. The van der Waals surface area contributed by atoms with E-state index in [-0.39, 0.29) is 0 Å². The van der Waals surface area contributed by atoms with Crippen molar-refractivity contribution >= 4 is 23.4 Å². The summed E-state index contributed by atoms with van der Waals surface area (Å²) in [5.74, 6) is 2.68. The molecule has 1 heterocycles. The summed E-state index contributed by atoms with van der Waals surface area (Å²) in [6, 6.07) is 0. The molecule has 1 fully saturated rings. The first kappa shape index (κ1) is 11.0. The second kappa shape index (κ2) is 5.03. The van der Waals surface area contributed by atoms with Gasteiger partial charge in [0.25, 0.3) is 0 Å². The highest BCUT2D eigenvalue weighted by atomic mass is 35.5. The van der Waals surface area contributed by atoms with Crippen LogP contribution in [0.5, 0.6) is 0 Å². The van der Waals surface area contributed by atoms with Crippen molar-refractivity contribution in [3.05, 3.63) is 17.4 Å². The lowest BCUT2D eigenvalue weighted by Crippen LogP contribution is -2.01. The maximum Gasteiger partial charge on any atom is 0.191 e. The molecule has 5 heteroatoms. The van der Waals surface area contributed by atoms with E-state index in [9.17, 15) is 0 Å². The molecule has 0 unspecified atom stereocenters. The van der Waals surface area contributed by atoms with Crippen LogP contribution < -0.4 is 0 Å². The Balaban J connectivity index is 2.08. The molecule has 15 heavy (non-hydrogen) atoms. The van der Waals surface area contributed by atoms with Crippen LogP contribution >= 0.6 is 23.4 Å². The predicted molar refractivity (Wildman–Crippen MR) is 63.4 cm³/mol. The minimum atomic E-state index is 0.662. The lowest BCUT2D eigenvalue weighted by molar-refractivity contribution is 0.644. The first-order valence-electron chi connectivity index (χ1n) is 5.18. The van der Waals surface area contributed by atoms with Gasteiger partial charge in [0.05, 0.1) is 0 Å². The number of hydrogen-bond acceptors (Lipinski definition) is 3. The second-order valence-corrected chi connectivity index (χ2v) is 4.77. The van der Waals surface area contributed by atoms with Gasteiger partial charge in [-0.15, -0.1) is 10.2 Å². The average molecular weight is 244 g/mol. The van der Waals surface area contributed by atoms with Gasteiger partial charge in [-0.1, -0.05) is 29.4 Å². The van der Waals surface area contributed by atoms with Gasteiger partial charge in [0, 0.05) is 23.8 Å². The first-order chi connectivity index (χ1) is 7.36. The number of nitrogens with zero attached hydrogens (tertiary/aromatic N) is 3. The van der Waals surface area contributed by atoms with E-state index < -0.39 is 0 Å². The molecule has 0 bridgehead atoms. The normalized spacial score (nSPS) is 16.4. The van der Waals surface area contributed by atoms with E-state index in [1.165, 1.54) is 12.8 Å². The molecule has 1 aromatic heterocycles. The molecule has 2 rings (SSSR count). The molecule has 1 aliphatic rings. The highest BCUT2D eigenvalue weighted by molar-refractivity contribution is 7.99. The molecular formula is C10H14ClN3S. The molecule has 0 aliphatic heterocycles. The summed E-state index contributed by atoms with van der Waals surface area (Å²) in [6.07, 6.45) is 4.45. The van der Waals surface area contributed by atoms with E-state index in [0.29, 0.717) is 5.92 Å². The number of rotatable bonds is 5. The Morgan fingerprint density at radius 3 is 2.93 bits per heavy atom. The van der Waals surface area contributed by atoms with Crippen LogP contribution in [0.2, 0.25) is 0 Å². The summed E-state index contributed by atoms with van der Waals surface area (Å²) in [4.78, 5) is 0. The fourth-order valence-corrected chi connectivity index (χ4v) is 2.52. The topological polar surface area (TPSA) is 30.7 Å². The lowest BCUT2D eigenvalue weighted by atomic mass is 10.4. The van der Waals surface area contributed by atoms with Crippen molar-refractivity contribution in [1.29, 1.82) is 0 Å². The predicted octanol–water partition coefficient (Wildman–Crippen LogP) is 3.02. The van der Waals surface area contributed by atoms with Crippen LogP contribution in [0.4, 0.5) is 0 Å². The van der Waals surface area contributed by atoms with Crippen LogP contribution in [0, 0.1) is 0 Å². The zero-order valence-corrected chi connectivity index (χ0v) is 10.3. The van der Waals surface area contributed by atoms with Crippen LogP contribution in [0.3, 0.4) is 0 Å². The Morgan fingerprint density at radius 2 is 2.33 bits per heavy atom. The van der Waals surface area contributed by atoms with Gasteiger partial charge in [-0.2, -0.15) is 0 Å². The lowest BCUT2D eigenvalue weighted by Gasteiger charge is -2.04. The molecule has 1 aromatic rings. The van der Waals surface area contributed by atoms with E-state index in [0.717, 1.165) is 23.3 Å². The zero-order chi connectivity index (χ0) is 10.7. The van der Waals surface area contributed by atoms with E-state index in [4.69, 9.17) is 11.6 Å². The van der Waals surface area contributed by atoms with Crippen molar-refractivity contribution in [2.24, 2.45) is 0 Å². The molecular weight excluding hydrogens is 230 g/mol. The Kier molecular flexibility index (Phi) is 3.70. The Labute approximate surface area is 98.9 Å². The van der Waals surface area contributed by atoms with E-state index >= 15 is 0 Å². The van der Waals surface area contributed by atoms with Crippen LogP contribution in [0.15, 0.2) is 16.8 Å². The summed E-state index contributed by atoms with van der Waals surface area (Å²) >= 11 is 7.15. The van der Waals surface area contributed by atoms with Gasteiger partial charge in [0.2, 0.25) is 0 Å². The summed E-state index contributed by atoms with van der Waals surface area (Å²) in [7, 11) is 0. The third-order valence-corrected chi connectivity index (χ3v) is 3.50. The molecule has 0 spiro atoms. The van der Waals surface area contributed by atoms with E-state index in [1.54, 1.807) is 17.3 Å². The van der Waals surface area contributed by atoms with Gasteiger partial charge in [-0.25, -0.2) is 0 Å². The smallest absolute Gasteiger partial charge is 0.191 e. The molecule has 0 N–H and O–H groups in total. The SMILES string of the molecule is CCn1c(SC/C=C/Cl)nnc1C1CC1. The van der Waals surface area contributed by atoms with Gasteiger partial charge >= 0.3 is 0 Å². The summed E-state index contributed by atoms with van der Waals surface area (Å²) in [5.41, 5.74) is 1.54. The van der Waals surface area contributed by atoms with Crippen molar-refractivity contribution in [2.75, 3.05) is 5.75 Å². The highest BCUT2D eigenvalue weighted by Gasteiger charge is 2.29. The average Bonchev–Trinajstić information content (AvgIpc) is 3.01. The maximum atomic E-state index is 5.47. The number of thioether (sulfide) groups is 1. The van der Waals surface area contributed by atoms with Gasteiger partial charge in [0.1, 0.15) is 5.82 Å². The molecule has 1 aliphatic carbocycles. The molecule has 0 saturated heterocycles. The van der Waals surface area contributed by atoms with E-state index in [2.05, 4.69) is 21.7 Å². The summed E-state index contributed by atoms with van der Waals surface area (Å²) < 4.78 is 2.21. The Morgan fingerprint density at radius 1 is 1.53 bits per heavy atom. The molecule has 1 saturated carbocycles. The zero-order valence-electron chi connectivity index (χ0n) is 8.69. The molecule has 0 radical (unpaired) electrons. The largest absolute Gasteiger partial charge is 0.306 e. The van der Waals surface area contributed by atoms with Crippen molar-refractivity contribution in [2.45, 2.75) is 37.4 Å². The fraction of sp³-hybridized carbons (Fsp3) is 0.600. The number of aromatic nitrogens is 3. The maximum absolute atomic E-state index is 5.47.